The molecule has 1 aliphatic rings. The summed E-state index contributed by atoms with van der Waals surface area (Å²) in [5, 5.41) is 11.0. The molecule has 12 heteroatoms. The van der Waals surface area contributed by atoms with E-state index >= 15 is 0 Å². The van der Waals surface area contributed by atoms with Crippen LogP contribution in [-0.4, -0.2) is 69.6 Å². The summed E-state index contributed by atoms with van der Waals surface area (Å²) in [6.45, 7) is 17.0. The molecule has 3 N–H and O–H groups in total. The summed E-state index contributed by atoms with van der Waals surface area (Å²) in [4.78, 5) is 46.1. The standard InChI is InChI=1S/C36H42N6O6/c1-21-8-10-26-24(25(21)20-41-12-14-42(15-13-41)34(45)47-36(5,6)7)18-27(38-26)32(43)29-17-22-16-23(9-11-28(22)46-29)37-33(44)39-31-19-30(48-40-31)35(2,3)4/h8-11,16-19,38H,12-15,20H2,1-7H3,(H2,37,39,40,44). The molecule has 252 valence electrons. The van der Waals surface area contributed by atoms with Crippen LogP contribution in [0.1, 0.15) is 74.7 Å². The monoisotopic (exact) mass is 654 g/mol. The Balaban J connectivity index is 1.13. The Kier molecular flexibility index (Phi) is 8.54. The minimum atomic E-state index is -0.526. The summed E-state index contributed by atoms with van der Waals surface area (Å²) in [5.74, 6) is 0.885. The van der Waals surface area contributed by atoms with Crippen molar-refractivity contribution < 1.29 is 28.1 Å². The van der Waals surface area contributed by atoms with E-state index in [-0.39, 0.29) is 23.1 Å². The summed E-state index contributed by atoms with van der Waals surface area (Å²) in [6, 6.07) is 14.0. The molecule has 12 nitrogen and oxygen atoms in total. The van der Waals surface area contributed by atoms with Gasteiger partial charge in [0, 0.05) is 66.2 Å². The average Bonchev–Trinajstić information content (AvgIpc) is 3.76. The molecule has 48 heavy (non-hydrogen) atoms. The molecule has 0 unspecified atom stereocenters. The molecule has 6 rings (SSSR count). The number of piperazine rings is 1. The number of aromatic nitrogens is 2. The number of aryl methyl sites for hydroxylation is 1. The summed E-state index contributed by atoms with van der Waals surface area (Å²) >= 11 is 0. The lowest BCUT2D eigenvalue weighted by atomic mass is 9.93. The van der Waals surface area contributed by atoms with Gasteiger partial charge in [-0.3, -0.25) is 15.0 Å². The van der Waals surface area contributed by atoms with Crippen molar-refractivity contribution in [3.8, 4) is 0 Å². The Hall–Kier alpha value is -5.10. The highest BCUT2D eigenvalue weighted by atomic mass is 16.6. The SMILES string of the molecule is Cc1ccc2[nH]c(C(=O)c3cc4cc(NC(=O)Nc5cc(C(C)(C)C)on5)ccc4o3)cc2c1CN1CCN(C(=O)OC(C)(C)C)CC1. The third-order valence-electron chi connectivity index (χ3n) is 8.29. The van der Waals surface area contributed by atoms with Crippen molar-refractivity contribution >= 4 is 51.3 Å². The van der Waals surface area contributed by atoms with Crippen molar-refractivity contribution in [1.82, 2.24) is 19.9 Å². The van der Waals surface area contributed by atoms with Crippen LogP contribution in [0.3, 0.4) is 0 Å². The molecule has 0 spiro atoms. The number of nitrogens with one attached hydrogen (secondary N) is 3. The number of amides is 3. The third kappa shape index (κ3) is 7.23. The number of ketones is 1. The van der Waals surface area contributed by atoms with Crippen molar-refractivity contribution in [2.45, 2.75) is 66.0 Å². The maximum Gasteiger partial charge on any atom is 0.410 e. The van der Waals surface area contributed by atoms with Gasteiger partial charge >= 0.3 is 12.1 Å². The minimum absolute atomic E-state index is 0.187. The van der Waals surface area contributed by atoms with Crippen molar-refractivity contribution in [1.29, 1.82) is 0 Å². The molecule has 5 aromatic rings. The van der Waals surface area contributed by atoms with E-state index in [1.54, 1.807) is 35.2 Å². The number of hydrogen-bond donors (Lipinski definition) is 3. The molecule has 4 heterocycles. The predicted octanol–water partition coefficient (Wildman–Crippen LogP) is 7.44. The minimum Gasteiger partial charge on any atom is -0.453 e. The Bertz CT molecular complexity index is 2000. The van der Waals surface area contributed by atoms with Crippen LogP contribution in [0.4, 0.5) is 21.1 Å². The van der Waals surface area contributed by atoms with E-state index in [1.807, 2.05) is 53.7 Å². The third-order valence-corrected chi connectivity index (χ3v) is 8.29. The van der Waals surface area contributed by atoms with Gasteiger partial charge in [-0.1, -0.05) is 32.0 Å². The normalized spacial score (nSPS) is 14.4. The van der Waals surface area contributed by atoms with E-state index in [2.05, 4.69) is 38.7 Å². The van der Waals surface area contributed by atoms with Crippen molar-refractivity contribution in [2.75, 3.05) is 36.8 Å². The van der Waals surface area contributed by atoms with Crippen LogP contribution in [0.5, 0.6) is 0 Å². The summed E-state index contributed by atoms with van der Waals surface area (Å²) in [7, 11) is 0. The van der Waals surface area contributed by atoms with Gasteiger partial charge in [0.15, 0.2) is 11.6 Å². The molecule has 1 aliphatic heterocycles. The lowest BCUT2D eigenvalue weighted by Crippen LogP contribution is -2.49. The molecular formula is C36H42N6O6. The van der Waals surface area contributed by atoms with Crippen LogP contribution in [0.15, 0.2) is 57.5 Å². The Morgan fingerprint density at radius 1 is 0.938 bits per heavy atom. The Morgan fingerprint density at radius 3 is 2.38 bits per heavy atom. The number of urea groups is 1. The van der Waals surface area contributed by atoms with E-state index in [0.29, 0.717) is 53.6 Å². The van der Waals surface area contributed by atoms with Crippen molar-refractivity contribution in [3.05, 3.63) is 76.9 Å². The van der Waals surface area contributed by atoms with Crippen LogP contribution in [-0.2, 0) is 16.7 Å². The fraction of sp³-hybridized carbons (Fsp3) is 0.389. The van der Waals surface area contributed by atoms with Gasteiger partial charge < -0.3 is 28.9 Å². The number of nitrogens with zero attached hydrogens (tertiary/aromatic N) is 3. The smallest absolute Gasteiger partial charge is 0.410 e. The van der Waals surface area contributed by atoms with E-state index in [9.17, 15) is 14.4 Å². The molecule has 3 aromatic heterocycles. The van der Waals surface area contributed by atoms with Gasteiger partial charge in [-0.2, -0.15) is 0 Å². The lowest BCUT2D eigenvalue weighted by molar-refractivity contribution is 0.0139. The first kappa shape index (κ1) is 32.8. The average molecular weight is 655 g/mol. The van der Waals surface area contributed by atoms with Crippen LogP contribution in [0, 0.1) is 6.92 Å². The fourth-order valence-electron chi connectivity index (χ4n) is 5.68. The second kappa shape index (κ2) is 12.5. The Morgan fingerprint density at radius 2 is 1.69 bits per heavy atom. The van der Waals surface area contributed by atoms with Crippen molar-refractivity contribution in [3.63, 3.8) is 0 Å². The van der Waals surface area contributed by atoms with Gasteiger partial charge in [-0.15, -0.1) is 0 Å². The number of hydrogen-bond acceptors (Lipinski definition) is 8. The van der Waals surface area contributed by atoms with Gasteiger partial charge in [-0.25, -0.2) is 9.59 Å². The first-order valence-electron chi connectivity index (χ1n) is 16.1. The maximum atomic E-state index is 13.6. The largest absolute Gasteiger partial charge is 0.453 e. The number of fused-ring (bicyclic) bond motifs is 2. The highest BCUT2D eigenvalue weighted by molar-refractivity contribution is 6.10. The fourth-order valence-corrected chi connectivity index (χ4v) is 5.68. The molecule has 1 saturated heterocycles. The van der Waals surface area contributed by atoms with Gasteiger partial charge in [0.2, 0.25) is 5.78 Å². The van der Waals surface area contributed by atoms with Gasteiger partial charge in [-0.05, 0) is 75.2 Å². The number of carbonyl (C=O) groups is 3. The van der Waals surface area contributed by atoms with Gasteiger partial charge in [0.05, 0.1) is 5.69 Å². The van der Waals surface area contributed by atoms with E-state index < -0.39 is 11.6 Å². The zero-order valence-corrected chi connectivity index (χ0v) is 28.4. The second-order valence-corrected chi connectivity index (χ2v) is 14.3. The number of carbonyl (C=O) groups excluding carboxylic acids is 3. The molecule has 2 aromatic carbocycles. The molecule has 0 radical (unpaired) electrons. The first-order chi connectivity index (χ1) is 22.6. The predicted molar refractivity (Wildman–Crippen MR) is 184 cm³/mol. The zero-order chi connectivity index (χ0) is 34.4. The highest BCUT2D eigenvalue weighted by Gasteiger charge is 2.27. The van der Waals surface area contributed by atoms with Crippen LogP contribution in [0.25, 0.3) is 21.9 Å². The molecule has 0 aliphatic carbocycles. The van der Waals surface area contributed by atoms with Crippen LogP contribution in [0.2, 0.25) is 0 Å². The van der Waals surface area contributed by atoms with Crippen molar-refractivity contribution in [2.24, 2.45) is 0 Å². The first-order valence-corrected chi connectivity index (χ1v) is 16.1. The quantitative estimate of drug-likeness (QED) is 0.160. The second-order valence-electron chi connectivity index (χ2n) is 14.3. The summed E-state index contributed by atoms with van der Waals surface area (Å²) < 4.78 is 16.8. The molecule has 3 amide bonds. The zero-order valence-electron chi connectivity index (χ0n) is 28.4. The molecular weight excluding hydrogens is 612 g/mol. The van der Waals surface area contributed by atoms with E-state index in [0.717, 1.165) is 35.1 Å². The van der Waals surface area contributed by atoms with Gasteiger partial charge in [0.25, 0.3) is 0 Å². The number of aromatic amines is 1. The highest BCUT2D eigenvalue weighted by Crippen LogP contribution is 2.29. The lowest BCUT2D eigenvalue weighted by Gasteiger charge is -2.35. The number of benzene rings is 2. The number of ether oxygens (including phenoxy) is 1. The molecule has 0 bridgehead atoms. The number of anilines is 2. The topological polar surface area (TPSA) is 146 Å². The number of rotatable bonds is 6. The van der Waals surface area contributed by atoms with E-state index in [4.69, 9.17) is 13.7 Å². The van der Waals surface area contributed by atoms with Crippen LogP contribution < -0.4 is 10.6 Å². The molecule has 1 fully saturated rings. The molecule has 0 saturated carbocycles. The number of H-pyrrole nitrogens is 1. The molecule has 0 atom stereocenters. The number of furan rings is 1. The maximum absolute atomic E-state index is 13.6. The summed E-state index contributed by atoms with van der Waals surface area (Å²) in [6.07, 6.45) is -0.282. The van der Waals surface area contributed by atoms with Gasteiger partial charge in [0.1, 0.15) is 16.9 Å². The summed E-state index contributed by atoms with van der Waals surface area (Å²) in [5.41, 5.74) is 3.83. The van der Waals surface area contributed by atoms with Crippen LogP contribution >= 0.6 is 0 Å². The Labute approximate surface area is 278 Å². The van der Waals surface area contributed by atoms with E-state index in [1.165, 1.54) is 0 Å².